The number of nitrogens with zero attached hydrogens (tertiary/aromatic N) is 2. The van der Waals surface area contributed by atoms with Crippen molar-refractivity contribution in [1.82, 2.24) is 9.97 Å². The summed E-state index contributed by atoms with van der Waals surface area (Å²) in [6, 6.07) is 7.88. The normalized spacial score (nSPS) is 12.5. The zero-order chi connectivity index (χ0) is 16.7. The molecule has 0 aliphatic rings. The van der Waals surface area contributed by atoms with Crippen LogP contribution in [0.5, 0.6) is 0 Å². The van der Waals surface area contributed by atoms with E-state index in [9.17, 15) is 0 Å². The molecule has 0 aromatic carbocycles. The summed E-state index contributed by atoms with van der Waals surface area (Å²) in [6.07, 6.45) is 0. The summed E-state index contributed by atoms with van der Waals surface area (Å²) in [6.45, 7) is 12.9. The Balaban J connectivity index is 2.62. The van der Waals surface area contributed by atoms with Gasteiger partial charge in [-0.15, -0.1) is 0 Å². The van der Waals surface area contributed by atoms with Crippen molar-refractivity contribution in [3.05, 3.63) is 45.7 Å². The lowest BCUT2D eigenvalue weighted by Gasteiger charge is -2.21. The van der Waals surface area contributed by atoms with Crippen molar-refractivity contribution in [2.75, 3.05) is 0 Å². The Hall–Kier alpha value is -1.12. The smallest absolute Gasteiger partial charge is 0.130 e. The predicted octanol–water partition coefficient (Wildman–Crippen LogP) is 6.05. The van der Waals surface area contributed by atoms with Crippen molar-refractivity contribution in [3.8, 4) is 11.4 Å². The highest BCUT2D eigenvalue weighted by atomic mass is 35.5. The first-order valence-corrected chi connectivity index (χ1v) is 8.09. The number of hydrogen-bond donors (Lipinski definition) is 0. The maximum Gasteiger partial charge on any atom is 0.130 e. The van der Waals surface area contributed by atoms with E-state index in [2.05, 4.69) is 51.5 Å². The topological polar surface area (TPSA) is 25.8 Å². The van der Waals surface area contributed by atoms with E-state index in [-0.39, 0.29) is 10.8 Å². The van der Waals surface area contributed by atoms with Crippen LogP contribution in [0.2, 0.25) is 10.3 Å². The Labute approximate surface area is 142 Å². The van der Waals surface area contributed by atoms with Gasteiger partial charge in [-0.2, -0.15) is 0 Å². The first kappa shape index (κ1) is 17.2. The van der Waals surface area contributed by atoms with Crippen LogP contribution in [0.1, 0.15) is 52.7 Å². The first-order valence-electron chi connectivity index (χ1n) is 7.33. The number of pyridine rings is 2. The summed E-state index contributed by atoms with van der Waals surface area (Å²) in [4.78, 5) is 8.85. The second-order valence-corrected chi connectivity index (χ2v) is 8.40. The highest BCUT2D eigenvalue weighted by Crippen LogP contribution is 2.31. The Kier molecular flexibility index (Phi) is 4.56. The van der Waals surface area contributed by atoms with Gasteiger partial charge in [0, 0.05) is 0 Å². The molecule has 0 saturated heterocycles. The van der Waals surface area contributed by atoms with Gasteiger partial charge in [0.05, 0.1) is 11.4 Å². The van der Waals surface area contributed by atoms with Gasteiger partial charge in [0.2, 0.25) is 0 Å². The lowest BCUT2D eigenvalue weighted by atomic mass is 9.86. The molecule has 2 rings (SSSR count). The van der Waals surface area contributed by atoms with Gasteiger partial charge in [0.1, 0.15) is 10.3 Å². The van der Waals surface area contributed by atoms with Crippen LogP contribution in [0, 0.1) is 0 Å². The monoisotopic (exact) mass is 336 g/mol. The van der Waals surface area contributed by atoms with Crippen LogP contribution in [0.25, 0.3) is 11.4 Å². The van der Waals surface area contributed by atoms with Crippen molar-refractivity contribution >= 4 is 23.2 Å². The lowest BCUT2D eigenvalue weighted by Crippen LogP contribution is -2.13. The van der Waals surface area contributed by atoms with Gasteiger partial charge < -0.3 is 0 Å². The van der Waals surface area contributed by atoms with Crippen molar-refractivity contribution < 1.29 is 0 Å². The fourth-order valence-corrected chi connectivity index (χ4v) is 2.54. The molecule has 0 fully saturated rings. The molecule has 118 valence electrons. The van der Waals surface area contributed by atoms with Gasteiger partial charge in [0.15, 0.2) is 0 Å². The van der Waals surface area contributed by atoms with Gasteiger partial charge in [-0.1, -0.05) is 64.7 Å². The average molecular weight is 337 g/mol. The Bertz CT molecular complexity index is 634. The van der Waals surface area contributed by atoms with Crippen molar-refractivity contribution in [1.29, 1.82) is 0 Å². The molecule has 0 radical (unpaired) electrons. The predicted molar refractivity (Wildman–Crippen MR) is 94.9 cm³/mol. The molecular formula is C18H22Cl2N2. The van der Waals surface area contributed by atoms with Gasteiger partial charge in [-0.05, 0) is 46.2 Å². The SMILES string of the molecule is CC(C)(C)c1cc(Cl)nc(-c2cc(C(C)(C)C)cc(Cl)n2)c1. The van der Waals surface area contributed by atoms with Crippen LogP contribution in [-0.4, -0.2) is 9.97 Å². The van der Waals surface area contributed by atoms with E-state index in [4.69, 9.17) is 23.2 Å². The fraction of sp³-hybridized carbons (Fsp3) is 0.444. The minimum absolute atomic E-state index is 0.00718. The molecular weight excluding hydrogens is 315 g/mol. The molecule has 2 nitrogen and oxygen atoms in total. The summed E-state index contributed by atoms with van der Waals surface area (Å²) in [5.74, 6) is 0. The molecule has 0 aliphatic carbocycles. The van der Waals surface area contributed by atoms with Crippen molar-refractivity contribution in [2.24, 2.45) is 0 Å². The van der Waals surface area contributed by atoms with Gasteiger partial charge in [-0.25, -0.2) is 9.97 Å². The molecule has 0 unspecified atom stereocenters. The molecule has 0 aliphatic heterocycles. The van der Waals surface area contributed by atoms with E-state index < -0.39 is 0 Å². The van der Waals surface area contributed by atoms with E-state index in [1.165, 1.54) is 0 Å². The summed E-state index contributed by atoms with van der Waals surface area (Å²) in [7, 11) is 0. The maximum atomic E-state index is 6.20. The van der Waals surface area contributed by atoms with Gasteiger partial charge >= 0.3 is 0 Å². The summed E-state index contributed by atoms with van der Waals surface area (Å²) < 4.78 is 0. The molecule has 0 amide bonds. The van der Waals surface area contributed by atoms with Gasteiger partial charge in [0.25, 0.3) is 0 Å². The van der Waals surface area contributed by atoms with Crippen LogP contribution in [0.3, 0.4) is 0 Å². The third-order valence-electron chi connectivity index (χ3n) is 3.58. The zero-order valence-electron chi connectivity index (χ0n) is 14.0. The highest BCUT2D eigenvalue weighted by Gasteiger charge is 2.19. The molecule has 2 heterocycles. The lowest BCUT2D eigenvalue weighted by molar-refractivity contribution is 0.588. The highest BCUT2D eigenvalue weighted by molar-refractivity contribution is 6.30. The van der Waals surface area contributed by atoms with E-state index >= 15 is 0 Å². The Morgan fingerprint density at radius 1 is 0.636 bits per heavy atom. The second-order valence-electron chi connectivity index (χ2n) is 7.63. The van der Waals surface area contributed by atoms with Crippen LogP contribution < -0.4 is 0 Å². The minimum Gasteiger partial charge on any atom is -0.234 e. The maximum absolute atomic E-state index is 6.20. The third-order valence-corrected chi connectivity index (χ3v) is 3.97. The van der Waals surface area contributed by atoms with E-state index in [1.54, 1.807) is 0 Å². The number of halogens is 2. The molecule has 4 heteroatoms. The summed E-state index contributed by atoms with van der Waals surface area (Å²) >= 11 is 12.4. The largest absolute Gasteiger partial charge is 0.234 e. The van der Waals surface area contributed by atoms with Crippen LogP contribution in [0.15, 0.2) is 24.3 Å². The third kappa shape index (κ3) is 3.99. The van der Waals surface area contributed by atoms with Gasteiger partial charge in [-0.3, -0.25) is 0 Å². The second kappa shape index (κ2) is 5.82. The standard InChI is InChI=1S/C18H22Cl2N2/c1-17(2,3)11-7-13(21-15(19)9-11)14-8-12(18(4,5)6)10-16(20)22-14/h7-10H,1-6H3. The van der Waals surface area contributed by atoms with E-state index in [0.29, 0.717) is 10.3 Å². The average Bonchev–Trinajstić information content (AvgIpc) is 2.35. The van der Waals surface area contributed by atoms with Crippen molar-refractivity contribution in [2.45, 2.75) is 52.4 Å². The molecule has 0 saturated carbocycles. The number of rotatable bonds is 1. The van der Waals surface area contributed by atoms with E-state index in [0.717, 1.165) is 22.5 Å². The Morgan fingerprint density at radius 2 is 0.955 bits per heavy atom. The minimum atomic E-state index is -0.00718. The van der Waals surface area contributed by atoms with Crippen LogP contribution >= 0.6 is 23.2 Å². The van der Waals surface area contributed by atoms with Crippen LogP contribution in [-0.2, 0) is 10.8 Å². The summed E-state index contributed by atoms with van der Waals surface area (Å²) in [5, 5.41) is 0.947. The Morgan fingerprint density at radius 3 is 1.23 bits per heavy atom. The van der Waals surface area contributed by atoms with Crippen LogP contribution in [0.4, 0.5) is 0 Å². The molecule has 2 aromatic heterocycles. The quantitative estimate of drug-likeness (QED) is 0.592. The number of aromatic nitrogens is 2. The zero-order valence-corrected chi connectivity index (χ0v) is 15.5. The number of hydrogen-bond acceptors (Lipinski definition) is 2. The van der Waals surface area contributed by atoms with Crippen molar-refractivity contribution in [3.63, 3.8) is 0 Å². The molecule has 2 aromatic rings. The fourth-order valence-electron chi connectivity index (χ4n) is 2.12. The molecule has 0 atom stereocenters. The molecule has 0 spiro atoms. The summed E-state index contributed by atoms with van der Waals surface area (Å²) in [5.41, 5.74) is 3.75. The molecule has 22 heavy (non-hydrogen) atoms. The molecule has 0 bridgehead atoms. The van der Waals surface area contributed by atoms with E-state index in [1.807, 2.05) is 24.3 Å². The first-order chi connectivity index (χ1) is 9.96. The molecule has 0 N–H and O–H groups in total.